The second-order valence-corrected chi connectivity index (χ2v) is 8.41. The third-order valence-corrected chi connectivity index (χ3v) is 6.73. The van der Waals surface area contributed by atoms with Crippen LogP contribution in [0.25, 0.3) is 22.2 Å². The number of carbonyl (C=O) groups is 1. The van der Waals surface area contributed by atoms with Crippen molar-refractivity contribution in [2.75, 3.05) is 7.11 Å². The van der Waals surface area contributed by atoms with E-state index in [0.717, 1.165) is 10.9 Å². The number of hydrogen-bond donors (Lipinski definition) is 0. The standard InChI is InChI=1S/C23H19NO4S/c1-16-19-12-6-7-14-21(19)24(29(26,27)18-10-4-3-5-11-18)22(16)20-13-8-9-17(15-25)23(20)28-2/h3-15H,1-2H3. The summed E-state index contributed by atoms with van der Waals surface area (Å²) in [6, 6.07) is 20.8. The van der Waals surface area contributed by atoms with Gasteiger partial charge in [-0.2, -0.15) is 0 Å². The molecule has 1 aromatic heterocycles. The van der Waals surface area contributed by atoms with Crippen LogP contribution in [0.2, 0.25) is 0 Å². The quantitative estimate of drug-likeness (QED) is 0.453. The summed E-state index contributed by atoms with van der Waals surface area (Å²) in [6.45, 7) is 1.88. The Bertz CT molecular complexity index is 1320. The number of aromatic nitrogens is 1. The van der Waals surface area contributed by atoms with Crippen molar-refractivity contribution < 1.29 is 17.9 Å². The lowest BCUT2D eigenvalue weighted by Crippen LogP contribution is -2.14. The molecule has 0 N–H and O–H groups in total. The average Bonchev–Trinajstić information content (AvgIpc) is 3.07. The second kappa shape index (κ2) is 7.22. The molecule has 0 aliphatic heterocycles. The zero-order valence-electron chi connectivity index (χ0n) is 16.0. The molecule has 0 radical (unpaired) electrons. The molecule has 0 amide bonds. The molecule has 0 fully saturated rings. The summed E-state index contributed by atoms with van der Waals surface area (Å²) in [6.07, 6.45) is 0.705. The summed E-state index contributed by atoms with van der Waals surface area (Å²) in [7, 11) is -2.42. The maximum absolute atomic E-state index is 13.7. The van der Waals surface area contributed by atoms with Crippen molar-refractivity contribution in [3.05, 3.63) is 83.9 Å². The van der Waals surface area contributed by atoms with E-state index in [1.54, 1.807) is 54.6 Å². The van der Waals surface area contributed by atoms with Crippen molar-refractivity contribution in [3.8, 4) is 17.0 Å². The largest absolute Gasteiger partial charge is 0.495 e. The van der Waals surface area contributed by atoms with Gasteiger partial charge >= 0.3 is 0 Å². The maximum Gasteiger partial charge on any atom is 0.268 e. The first-order valence-electron chi connectivity index (χ1n) is 9.04. The summed E-state index contributed by atoms with van der Waals surface area (Å²) in [4.78, 5) is 11.7. The highest BCUT2D eigenvalue weighted by Crippen LogP contribution is 2.41. The van der Waals surface area contributed by atoms with Gasteiger partial charge in [-0.1, -0.05) is 42.5 Å². The van der Waals surface area contributed by atoms with Crippen molar-refractivity contribution in [2.24, 2.45) is 0 Å². The van der Waals surface area contributed by atoms with Crippen molar-refractivity contribution in [2.45, 2.75) is 11.8 Å². The van der Waals surface area contributed by atoms with Crippen molar-refractivity contribution in [1.82, 2.24) is 3.97 Å². The zero-order chi connectivity index (χ0) is 20.6. The number of hydrogen-bond acceptors (Lipinski definition) is 4. The summed E-state index contributed by atoms with van der Waals surface area (Å²) in [5.41, 5.74) is 2.75. The zero-order valence-corrected chi connectivity index (χ0v) is 16.8. The Morgan fingerprint density at radius 3 is 2.28 bits per heavy atom. The van der Waals surface area contributed by atoms with E-state index in [0.29, 0.717) is 34.4 Å². The average molecular weight is 405 g/mol. The van der Waals surface area contributed by atoms with Crippen LogP contribution in [0.3, 0.4) is 0 Å². The Morgan fingerprint density at radius 2 is 1.59 bits per heavy atom. The Balaban J connectivity index is 2.17. The van der Waals surface area contributed by atoms with Crippen molar-refractivity contribution in [3.63, 3.8) is 0 Å². The predicted molar refractivity (Wildman–Crippen MR) is 113 cm³/mol. The first-order chi connectivity index (χ1) is 14.0. The molecule has 0 aliphatic carbocycles. The molecule has 4 rings (SSSR count). The fourth-order valence-electron chi connectivity index (χ4n) is 3.69. The van der Waals surface area contributed by atoms with Crippen molar-refractivity contribution in [1.29, 1.82) is 0 Å². The smallest absolute Gasteiger partial charge is 0.268 e. The fraction of sp³-hybridized carbons (Fsp3) is 0.0870. The van der Waals surface area contributed by atoms with Crippen LogP contribution in [0.15, 0.2) is 77.7 Å². The Morgan fingerprint density at radius 1 is 0.897 bits per heavy atom. The second-order valence-electron chi connectivity index (χ2n) is 6.62. The number of benzene rings is 3. The number of methoxy groups -OCH3 is 1. The summed E-state index contributed by atoms with van der Waals surface area (Å²) >= 11 is 0. The minimum absolute atomic E-state index is 0.188. The lowest BCUT2D eigenvalue weighted by molar-refractivity contribution is 0.112. The van der Waals surface area contributed by atoms with Gasteiger partial charge in [0.25, 0.3) is 10.0 Å². The molecular weight excluding hydrogens is 386 g/mol. The molecule has 146 valence electrons. The molecule has 0 atom stereocenters. The minimum Gasteiger partial charge on any atom is -0.495 e. The number of para-hydroxylation sites is 2. The van der Waals surface area contributed by atoms with Crippen LogP contribution in [0.5, 0.6) is 5.75 Å². The molecule has 0 unspecified atom stereocenters. The number of fused-ring (bicyclic) bond motifs is 1. The minimum atomic E-state index is -3.90. The van der Waals surface area contributed by atoms with Crippen LogP contribution in [-0.4, -0.2) is 25.8 Å². The Labute approximate surface area is 169 Å². The number of rotatable bonds is 5. The molecule has 29 heavy (non-hydrogen) atoms. The topological polar surface area (TPSA) is 65.4 Å². The van der Waals surface area contributed by atoms with Gasteiger partial charge in [-0.3, -0.25) is 4.79 Å². The monoisotopic (exact) mass is 405 g/mol. The molecule has 0 aliphatic rings. The molecule has 1 heterocycles. The van der Waals surface area contributed by atoms with Crippen LogP contribution in [0, 0.1) is 6.92 Å². The number of ether oxygens (including phenoxy) is 1. The van der Waals surface area contributed by atoms with Crippen LogP contribution >= 0.6 is 0 Å². The summed E-state index contributed by atoms with van der Waals surface area (Å²) in [5, 5.41) is 0.820. The van der Waals surface area contributed by atoms with Crippen LogP contribution in [0.4, 0.5) is 0 Å². The van der Waals surface area contributed by atoms with Gasteiger partial charge in [-0.25, -0.2) is 12.4 Å². The maximum atomic E-state index is 13.7. The van der Waals surface area contributed by atoms with Gasteiger partial charge < -0.3 is 4.74 Å². The normalized spacial score (nSPS) is 11.5. The lowest BCUT2D eigenvalue weighted by Gasteiger charge is -2.16. The van der Waals surface area contributed by atoms with E-state index in [1.165, 1.54) is 11.1 Å². The van der Waals surface area contributed by atoms with E-state index in [4.69, 9.17) is 4.74 Å². The van der Waals surface area contributed by atoms with Crippen LogP contribution in [0.1, 0.15) is 15.9 Å². The summed E-state index contributed by atoms with van der Waals surface area (Å²) < 4.78 is 34.2. The third-order valence-electron chi connectivity index (χ3n) is 5.00. The van der Waals surface area contributed by atoms with Gasteiger partial charge in [0.1, 0.15) is 5.75 Å². The Hall–Kier alpha value is -3.38. The first-order valence-corrected chi connectivity index (χ1v) is 10.5. The van der Waals surface area contributed by atoms with E-state index in [2.05, 4.69) is 0 Å². The SMILES string of the molecule is COc1c(C=O)cccc1-c1c(C)c2ccccc2n1S(=O)(=O)c1ccccc1. The molecule has 0 spiro atoms. The van der Waals surface area contributed by atoms with Crippen LogP contribution < -0.4 is 4.74 Å². The first kappa shape index (κ1) is 19.0. The third kappa shape index (κ3) is 2.93. The molecule has 6 heteroatoms. The highest BCUT2D eigenvalue weighted by atomic mass is 32.2. The number of nitrogens with zero attached hydrogens (tertiary/aromatic N) is 1. The molecule has 3 aromatic carbocycles. The number of aldehydes is 1. The van der Waals surface area contributed by atoms with E-state index < -0.39 is 10.0 Å². The molecule has 0 saturated heterocycles. The molecule has 5 nitrogen and oxygen atoms in total. The van der Waals surface area contributed by atoms with Gasteiger partial charge in [0.05, 0.1) is 28.8 Å². The number of aryl methyl sites for hydroxylation is 1. The summed E-state index contributed by atoms with van der Waals surface area (Å²) in [5.74, 6) is 0.345. The van der Waals surface area contributed by atoms with Crippen LogP contribution in [-0.2, 0) is 10.0 Å². The molecular formula is C23H19NO4S. The predicted octanol–water partition coefficient (Wildman–Crippen LogP) is 4.67. The molecule has 0 saturated carbocycles. The van der Waals surface area contributed by atoms with Gasteiger partial charge in [0.15, 0.2) is 6.29 Å². The lowest BCUT2D eigenvalue weighted by atomic mass is 10.0. The fourth-order valence-corrected chi connectivity index (χ4v) is 5.29. The Kier molecular flexibility index (Phi) is 4.72. The van der Waals surface area contributed by atoms with Gasteiger partial charge in [0.2, 0.25) is 0 Å². The highest BCUT2D eigenvalue weighted by Gasteiger charge is 2.28. The number of carbonyl (C=O) groups excluding carboxylic acids is 1. The van der Waals surface area contributed by atoms with E-state index >= 15 is 0 Å². The van der Waals surface area contributed by atoms with E-state index in [1.807, 2.05) is 25.1 Å². The van der Waals surface area contributed by atoms with Crippen molar-refractivity contribution >= 4 is 27.2 Å². The molecule has 0 bridgehead atoms. The molecule has 4 aromatic rings. The van der Waals surface area contributed by atoms with Gasteiger partial charge in [-0.05, 0) is 42.8 Å². The highest BCUT2D eigenvalue weighted by molar-refractivity contribution is 7.90. The van der Waals surface area contributed by atoms with Gasteiger partial charge in [0, 0.05) is 10.9 Å². The van der Waals surface area contributed by atoms with Gasteiger partial charge in [-0.15, -0.1) is 0 Å². The van der Waals surface area contributed by atoms with E-state index in [9.17, 15) is 13.2 Å². The van der Waals surface area contributed by atoms with E-state index in [-0.39, 0.29) is 4.90 Å².